The molecular formula is C28H23N3O2S. The lowest BCUT2D eigenvalue weighted by atomic mass is 9.87. The van der Waals surface area contributed by atoms with E-state index in [4.69, 9.17) is 10.1 Å². The number of aryl methyl sites for hydroxylation is 1. The Bertz CT molecular complexity index is 1570. The molecule has 0 atom stereocenters. The molecule has 3 aromatic carbocycles. The molecule has 0 saturated carbocycles. The first-order chi connectivity index (χ1) is 16.5. The van der Waals surface area contributed by atoms with Crippen LogP contribution in [0.4, 0.5) is 0 Å². The Balaban J connectivity index is 1.71. The molecule has 0 fully saturated rings. The fourth-order valence-electron chi connectivity index (χ4n) is 4.30. The molecule has 0 unspecified atom stereocenters. The number of nitrogens with one attached hydrogen (secondary N) is 1. The smallest absolute Gasteiger partial charge is 0.328 e. The molecule has 0 saturated heterocycles. The first-order valence-corrected chi connectivity index (χ1v) is 11.9. The third-order valence-corrected chi connectivity index (χ3v) is 6.80. The predicted molar refractivity (Wildman–Crippen MR) is 140 cm³/mol. The maximum absolute atomic E-state index is 10.9. The van der Waals surface area contributed by atoms with Gasteiger partial charge in [0, 0.05) is 11.5 Å². The summed E-state index contributed by atoms with van der Waals surface area (Å²) < 4.78 is 1.19. The minimum absolute atomic E-state index is 0.841. The van der Waals surface area contributed by atoms with Crippen LogP contribution in [0.2, 0.25) is 0 Å². The van der Waals surface area contributed by atoms with Gasteiger partial charge in [-0.15, -0.1) is 11.3 Å². The van der Waals surface area contributed by atoms with Crippen LogP contribution in [0.25, 0.3) is 38.3 Å². The van der Waals surface area contributed by atoms with Crippen molar-refractivity contribution in [1.29, 1.82) is 0 Å². The molecule has 2 aromatic heterocycles. The molecule has 0 aliphatic carbocycles. The summed E-state index contributed by atoms with van der Waals surface area (Å²) in [6.45, 7) is 4.21. The first kappa shape index (κ1) is 21.8. The molecule has 6 heteroatoms. The Kier molecular flexibility index (Phi) is 5.82. The topological polar surface area (TPSA) is 78.9 Å². The molecular weight excluding hydrogens is 442 g/mol. The summed E-state index contributed by atoms with van der Waals surface area (Å²) in [5.41, 5.74) is 8.55. The van der Waals surface area contributed by atoms with Crippen molar-refractivity contribution in [3.63, 3.8) is 0 Å². The van der Waals surface area contributed by atoms with Gasteiger partial charge >= 0.3 is 5.97 Å². The molecule has 0 bridgehead atoms. The van der Waals surface area contributed by atoms with Crippen LogP contribution in [-0.2, 0) is 4.79 Å². The summed E-state index contributed by atoms with van der Waals surface area (Å²) in [5.74, 6) is -0.959. The molecule has 5 nitrogen and oxygen atoms in total. The molecule has 0 aliphatic heterocycles. The van der Waals surface area contributed by atoms with Crippen LogP contribution in [0, 0.1) is 6.92 Å². The van der Waals surface area contributed by atoms with Crippen LogP contribution in [-0.4, -0.2) is 26.3 Å². The average molecular weight is 466 g/mol. The number of H-pyrrole nitrogens is 1. The van der Waals surface area contributed by atoms with Gasteiger partial charge in [0.25, 0.3) is 0 Å². The number of carbonyl (C=O) groups is 1. The molecule has 34 heavy (non-hydrogen) atoms. The van der Waals surface area contributed by atoms with Crippen LogP contribution in [0.3, 0.4) is 0 Å². The number of aromatic nitrogens is 3. The van der Waals surface area contributed by atoms with Crippen LogP contribution in [0.15, 0.2) is 72.9 Å². The average Bonchev–Trinajstić information content (AvgIpc) is 3.46. The van der Waals surface area contributed by atoms with Crippen LogP contribution >= 0.6 is 11.3 Å². The molecule has 5 rings (SSSR count). The quantitative estimate of drug-likeness (QED) is 0.210. The van der Waals surface area contributed by atoms with E-state index >= 15 is 0 Å². The number of thiazole rings is 1. The van der Waals surface area contributed by atoms with Gasteiger partial charge in [-0.1, -0.05) is 43.3 Å². The largest absolute Gasteiger partial charge is 0.478 e. The highest BCUT2D eigenvalue weighted by Gasteiger charge is 2.15. The van der Waals surface area contributed by atoms with Crippen LogP contribution in [0.1, 0.15) is 40.6 Å². The van der Waals surface area contributed by atoms with Gasteiger partial charge in [0.05, 0.1) is 26.9 Å². The van der Waals surface area contributed by atoms with Crippen molar-refractivity contribution in [3.8, 4) is 0 Å². The Hall–Kier alpha value is -4.03. The zero-order valence-corrected chi connectivity index (χ0v) is 19.7. The summed E-state index contributed by atoms with van der Waals surface area (Å²) in [5, 5.41) is 18.3. The fraction of sp³-hybridized carbons (Fsp3) is 0.107. The molecule has 5 aromatic rings. The van der Waals surface area contributed by atoms with Crippen molar-refractivity contribution >= 4 is 55.6 Å². The summed E-state index contributed by atoms with van der Waals surface area (Å²) in [4.78, 5) is 15.6. The van der Waals surface area contributed by atoms with Crippen LogP contribution < -0.4 is 0 Å². The molecule has 0 radical (unpaired) electrons. The lowest BCUT2D eigenvalue weighted by Crippen LogP contribution is -1.95. The number of fused-ring (bicyclic) bond motifs is 2. The van der Waals surface area contributed by atoms with Crippen LogP contribution in [0.5, 0.6) is 0 Å². The zero-order valence-electron chi connectivity index (χ0n) is 18.9. The lowest BCUT2D eigenvalue weighted by molar-refractivity contribution is -0.131. The van der Waals surface area contributed by atoms with E-state index in [1.807, 2.05) is 25.3 Å². The maximum Gasteiger partial charge on any atom is 0.328 e. The monoisotopic (exact) mass is 465 g/mol. The van der Waals surface area contributed by atoms with Crippen molar-refractivity contribution in [1.82, 2.24) is 15.2 Å². The van der Waals surface area contributed by atoms with E-state index in [1.54, 1.807) is 17.4 Å². The Morgan fingerprint density at radius 3 is 2.56 bits per heavy atom. The number of aromatic amines is 1. The highest BCUT2D eigenvalue weighted by Crippen LogP contribution is 2.37. The van der Waals surface area contributed by atoms with Gasteiger partial charge < -0.3 is 5.11 Å². The Labute approximate surface area is 201 Å². The van der Waals surface area contributed by atoms with E-state index in [2.05, 4.69) is 65.7 Å². The zero-order chi connectivity index (χ0) is 23.7. The van der Waals surface area contributed by atoms with E-state index in [9.17, 15) is 4.79 Å². The second kappa shape index (κ2) is 9.08. The Morgan fingerprint density at radius 1 is 1.03 bits per heavy atom. The van der Waals surface area contributed by atoms with Crippen molar-refractivity contribution in [3.05, 3.63) is 100 Å². The van der Waals surface area contributed by atoms with Gasteiger partial charge in [-0.05, 0) is 77.1 Å². The third kappa shape index (κ3) is 4.28. The van der Waals surface area contributed by atoms with Crippen molar-refractivity contribution in [2.24, 2.45) is 0 Å². The SMILES string of the molecule is CC/C(=C(/c1ccc(/C=C/C(=O)O)cc1)c1ccc2[nH]ncc2c1)c1ccc2sc(C)nc2c1. The highest BCUT2D eigenvalue weighted by atomic mass is 32.1. The summed E-state index contributed by atoms with van der Waals surface area (Å²) >= 11 is 1.71. The third-order valence-electron chi connectivity index (χ3n) is 5.84. The molecule has 168 valence electrons. The summed E-state index contributed by atoms with van der Waals surface area (Å²) in [6.07, 6.45) is 5.44. The van der Waals surface area contributed by atoms with Gasteiger partial charge in [0.1, 0.15) is 0 Å². The minimum Gasteiger partial charge on any atom is -0.478 e. The lowest BCUT2D eigenvalue weighted by Gasteiger charge is -2.17. The number of carboxylic acid groups (broad SMARTS) is 1. The van der Waals surface area contributed by atoms with Gasteiger partial charge in [0.2, 0.25) is 0 Å². The van der Waals surface area contributed by atoms with E-state index in [1.165, 1.54) is 10.3 Å². The number of aliphatic carboxylic acids is 1. The normalized spacial score (nSPS) is 12.5. The number of hydrogen-bond acceptors (Lipinski definition) is 4. The van der Waals surface area contributed by atoms with E-state index in [0.29, 0.717) is 0 Å². The van der Waals surface area contributed by atoms with E-state index in [0.717, 1.165) is 61.8 Å². The predicted octanol–water partition coefficient (Wildman–Crippen LogP) is 6.95. The van der Waals surface area contributed by atoms with Gasteiger partial charge in [0.15, 0.2) is 0 Å². The highest BCUT2D eigenvalue weighted by molar-refractivity contribution is 7.18. The number of allylic oxidation sites excluding steroid dienone is 1. The molecule has 2 heterocycles. The second-order valence-corrected chi connectivity index (χ2v) is 9.32. The van der Waals surface area contributed by atoms with Gasteiger partial charge in [-0.25, -0.2) is 9.78 Å². The minimum atomic E-state index is -0.959. The number of benzene rings is 3. The van der Waals surface area contributed by atoms with Crippen molar-refractivity contribution in [2.45, 2.75) is 20.3 Å². The maximum atomic E-state index is 10.9. The van der Waals surface area contributed by atoms with E-state index < -0.39 is 5.97 Å². The summed E-state index contributed by atoms with van der Waals surface area (Å²) in [7, 11) is 0. The van der Waals surface area contributed by atoms with Gasteiger partial charge in [-0.3, -0.25) is 5.10 Å². The number of carboxylic acids is 1. The number of nitrogens with zero attached hydrogens (tertiary/aromatic N) is 2. The Morgan fingerprint density at radius 2 is 1.79 bits per heavy atom. The number of hydrogen-bond donors (Lipinski definition) is 2. The second-order valence-electron chi connectivity index (χ2n) is 8.09. The van der Waals surface area contributed by atoms with Gasteiger partial charge in [-0.2, -0.15) is 5.10 Å². The molecule has 0 aliphatic rings. The standard InChI is InChI=1S/C28H23N3O2S/c1-3-23(20-10-12-26-25(15-20)30-17(2)34-26)28(21-9-11-24-22(14-21)16-29-31-24)19-7-4-18(5-8-19)6-13-27(32)33/h4-16H,3H2,1-2H3,(H,29,31)(H,32,33)/b13-6+,28-23+. The molecule has 0 spiro atoms. The van der Waals surface area contributed by atoms with Crippen molar-refractivity contribution < 1.29 is 9.90 Å². The van der Waals surface area contributed by atoms with E-state index in [-0.39, 0.29) is 0 Å². The molecule has 2 N–H and O–H groups in total. The number of rotatable bonds is 6. The molecule has 0 amide bonds. The summed E-state index contributed by atoms with van der Waals surface area (Å²) in [6, 6.07) is 20.9. The van der Waals surface area contributed by atoms with Crippen molar-refractivity contribution in [2.75, 3.05) is 0 Å². The fourth-order valence-corrected chi connectivity index (χ4v) is 5.10. The first-order valence-electron chi connectivity index (χ1n) is 11.1.